The molecule has 3 nitrogen and oxygen atoms in total. The Morgan fingerprint density at radius 3 is 3.11 bits per heavy atom. The van der Waals surface area contributed by atoms with Gasteiger partial charge in [0.25, 0.3) is 0 Å². The number of halogens is 1. The zero-order valence-corrected chi connectivity index (χ0v) is 12.2. The molecule has 18 heavy (non-hydrogen) atoms. The fourth-order valence-electron chi connectivity index (χ4n) is 2.84. The number of fused-ring (bicyclic) bond motifs is 1. The number of hydrogen-bond donors (Lipinski definition) is 1. The summed E-state index contributed by atoms with van der Waals surface area (Å²) >= 11 is 3.52. The zero-order valence-electron chi connectivity index (χ0n) is 10.6. The van der Waals surface area contributed by atoms with Gasteiger partial charge in [0.15, 0.2) is 0 Å². The number of nitrogens with zero attached hydrogens (tertiary/aromatic N) is 2. The molecule has 2 heterocycles. The summed E-state index contributed by atoms with van der Waals surface area (Å²) in [4.78, 5) is 4.86. The first-order chi connectivity index (χ1) is 8.79. The molecule has 96 valence electrons. The van der Waals surface area contributed by atoms with Crippen molar-refractivity contribution in [3.05, 3.63) is 28.5 Å². The third-order valence-corrected chi connectivity index (χ3v) is 4.21. The van der Waals surface area contributed by atoms with Crippen LogP contribution in [0.5, 0.6) is 0 Å². The molecule has 1 fully saturated rings. The molecule has 2 aromatic rings. The minimum Gasteiger partial charge on any atom is -0.328 e. The lowest BCUT2D eigenvalue weighted by Gasteiger charge is -2.22. The van der Waals surface area contributed by atoms with Crippen LogP contribution in [0.1, 0.15) is 31.5 Å². The first kappa shape index (κ1) is 12.2. The summed E-state index contributed by atoms with van der Waals surface area (Å²) in [6.07, 6.45) is 2.50. The molecule has 4 heteroatoms. The van der Waals surface area contributed by atoms with Gasteiger partial charge in [-0.25, -0.2) is 4.98 Å². The summed E-state index contributed by atoms with van der Waals surface area (Å²) in [5.74, 6) is 1.81. The first-order valence-electron chi connectivity index (χ1n) is 6.66. The minimum atomic E-state index is 0.560. The Hall–Kier alpha value is -0.870. The average Bonchev–Trinajstić information content (AvgIpc) is 2.77. The number of imidazole rings is 1. The number of benzene rings is 1. The lowest BCUT2D eigenvalue weighted by molar-refractivity contribution is 0.436. The van der Waals surface area contributed by atoms with Crippen molar-refractivity contribution < 1.29 is 0 Å². The third kappa shape index (κ3) is 2.08. The van der Waals surface area contributed by atoms with Crippen molar-refractivity contribution in [1.82, 2.24) is 14.9 Å². The summed E-state index contributed by atoms with van der Waals surface area (Å²) < 4.78 is 3.46. The maximum atomic E-state index is 4.86. The monoisotopic (exact) mass is 307 g/mol. The molecule has 1 aromatic carbocycles. The van der Waals surface area contributed by atoms with Crippen LogP contribution in [0.2, 0.25) is 0 Å². The highest BCUT2D eigenvalue weighted by Gasteiger charge is 2.21. The van der Waals surface area contributed by atoms with E-state index in [0.717, 1.165) is 29.6 Å². The van der Waals surface area contributed by atoms with Gasteiger partial charge in [0, 0.05) is 23.5 Å². The van der Waals surface area contributed by atoms with Crippen LogP contribution < -0.4 is 5.32 Å². The van der Waals surface area contributed by atoms with Crippen LogP contribution in [-0.2, 0) is 6.54 Å². The molecule has 1 aromatic heterocycles. The zero-order chi connectivity index (χ0) is 12.5. The highest BCUT2D eigenvalue weighted by molar-refractivity contribution is 9.10. The van der Waals surface area contributed by atoms with Crippen molar-refractivity contribution in [2.24, 2.45) is 0 Å². The van der Waals surface area contributed by atoms with Crippen molar-refractivity contribution >= 4 is 27.0 Å². The van der Waals surface area contributed by atoms with Gasteiger partial charge < -0.3 is 9.88 Å². The van der Waals surface area contributed by atoms with E-state index in [0.29, 0.717) is 5.92 Å². The fraction of sp³-hybridized carbons (Fsp3) is 0.500. The summed E-state index contributed by atoms with van der Waals surface area (Å²) in [5.41, 5.74) is 2.35. The lowest BCUT2D eigenvalue weighted by Crippen LogP contribution is -2.30. The molecule has 0 radical (unpaired) electrons. The van der Waals surface area contributed by atoms with Crippen LogP contribution in [0.3, 0.4) is 0 Å². The Bertz CT molecular complexity index is 555. The van der Waals surface area contributed by atoms with Gasteiger partial charge in [-0.1, -0.05) is 15.9 Å². The van der Waals surface area contributed by atoms with E-state index in [-0.39, 0.29) is 0 Å². The van der Waals surface area contributed by atoms with Gasteiger partial charge in [0.1, 0.15) is 5.82 Å². The van der Waals surface area contributed by atoms with Crippen LogP contribution in [0.15, 0.2) is 22.7 Å². The topological polar surface area (TPSA) is 29.9 Å². The number of hydrogen-bond acceptors (Lipinski definition) is 2. The van der Waals surface area contributed by atoms with Crippen LogP contribution in [0.25, 0.3) is 11.0 Å². The second kappa shape index (κ2) is 5.02. The minimum absolute atomic E-state index is 0.560. The first-order valence-corrected chi connectivity index (χ1v) is 7.45. The molecule has 0 amide bonds. The Morgan fingerprint density at radius 1 is 1.50 bits per heavy atom. The molecule has 1 unspecified atom stereocenters. The van der Waals surface area contributed by atoms with Gasteiger partial charge >= 0.3 is 0 Å². The molecular formula is C14H18BrN3. The quantitative estimate of drug-likeness (QED) is 0.922. The molecule has 1 aliphatic rings. The van der Waals surface area contributed by atoms with Gasteiger partial charge in [0.2, 0.25) is 0 Å². The van der Waals surface area contributed by atoms with Gasteiger partial charge in [-0.15, -0.1) is 0 Å². The summed E-state index contributed by atoms with van der Waals surface area (Å²) in [7, 11) is 0. The highest BCUT2D eigenvalue weighted by Crippen LogP contribution is 2.28. The Balaban J connectivity index is 2.09. The predicted octanol–water partition coefficient (Wildman–Crippen LogP) is 3.29. The van der Waals surface area contributed by atoms with E-state index >= 15 is 0 Å². The second-order valence-corrected chi connectivity index (χ2v) is 5.81. The van der Waals surface area contributed by atoms with Crippen molar-refractivity contribution in [3.63, 3.8) is 0 Å². The van der Waals surface area contributed by atoms with E-state index in [9.17, 15) is 0 Å². The lowest BCUT2D eigenvalue weighted by atomic mass is 9.99. The number of aryl methyl sites for hydroxylation is 1. The molecule has 0 bridgehead atoms. The predicted molar refractivity (Wildman–Crippen MR) is 78.0 cm³/mol. The van der Waals surface area contributed by atoms with Crippen molar-refractivity contribution in [3.8, 4) is 0 Å². The molecule has 1 atom stereocenters. The van der Waals surface area contributed by atoms with E-state index in [4.69, 9.17) is 4.98 Å². The summed E-state index contributed by atoms with van der Waals surface area (Å²) in [6.45, 7) is 5.39. The van der Waals surface area contributed by atoms with E-state index in [1.165, 1.54) is 24.2 Å². The molecule has 3 rings (SSSR count). The van der Waals surface area contributed by atoms with E-state index in [1.807, 2.05) is 0 Å². The Kier molecular flexibility index (Phi) is 3.39. The smallest absolute Gasteiger partial charge is 0.114 e. The van der Waals surface area contributed by atoms with E-state index in [2.05, 4.69) is 50.9 Å². The third-order valence-electron chi connectivity index (χ3n) is 3.72. The molecule has 0 saturated carbocycles. The normalized spacial score (nSPS) is 20.4. The summed E-state index contributed by atoms with van der Waals surface area (Å²) in [6, 6.07) is 6.37. The second-order valence-electron chi connectivity index (χ2n) is 4.89. The maximum absolute atomic E-state index is 4.86. The van der Waals surface area contributed by atoms with E-state index in [1.54, 1.807) is 0 Å². The van der Waals surface area contributed by atoms with Gasteiger partial charge in [-0.2, -0.15) is 0 Å². The standard InChI is InChI=1S/C14H18BrN3/c1-2-18-13-6-5-11(15)8-12(13)17-14(18)10-4-3-7-16-9-10/h5-6,8,10,16H,2-4,7,9H2,1H3. The highest BCUT2D eigenvalue weighted by atomic mass is 79.9. The van der Waals surface area contributed by atoms with Gasteiger partial charge in [0.05, 0.1) is 11.0 Å². The molecule has 0 spiro atoms. The Labute approximate surface area is 116 Å². The average molecular weight is 308 g/mol. The van der Waals surface area contributed by atoms with Crippen LogP contribution >= 0.6 is 15.9 Å². The molecule has 1 N–H and O–H groups in total. The number of aromatic nitrogens is 2. The van der Waals surface area contributed by atoms with Gasteiger partial charge in [-0.05, 0) is 44.5 Å². The maximum Gasteiger partial charge on any atom is 0.114 e. The van der Waals surface area contributed by atoms with Crippen LogP contribution in [0, 0.1) is 0 Å². The molecular weight excluding hydrogens is 290 g/mol. The van der Waals surface area contributed by atoms with Crippen molar-refractivity contribution in [2.45, 2.75) is 32.2 Å². The molecule has 0 aliphatic carbocycles. The number of nitrogens with one attached hydrogen (secondary N) is 1. The van der Waals surface area contributed by atoms with Crippen LogP contribution in [0.4, 0.5) is 0 Å². The fourth-order valence-corrected chi connectivity index (χ4v) is 3.19. The van der Waals surface area contributed by atoms with Crippen LogP contribution in [-0.4, -0.2) is 22.6 Å². The Morgan fingerprint density at radius 2 is 2.39 bits per heavy atom. The van der Waals surface area contributed by atoms with Crippen molar-refractivity contribution in [1.29, 1.82) is 0 Å². The number of piperidine rings is 1. The van der Waals surface area contributed by atoms with Gasteiger partial charge in [-0.3, -0.25) is 0 Å². The molecule has 1 aliphatic heterocycles. The van der Waals surface area contributed by atoms with E-state index < -0.39 is 0 Å². The molecule has 1 saturated heterocycles. The SMILES string of the molecule is CCn1c(C2CCCNC2)nc2cc(Br)ccc21. The largest absolute Gasteiger partial charge is 0.328 e. The van der Waals surface area contributed by atoms with Crippen molar-refractivity contribution in [2.75, 3.05) is 13.1 Å². The number of rotatable bonds is 2. The summed E-state index contributed by atoms with van der Waals surface area (Å²) in [5, 5.41) is 3.48.